The second kappa shape index (κ2) is 6.35. The maximum absolute atomic E-state index is 9.59. The molecule has 0 amide bonds. The van der Waals surface area contributed by atoms with Gasteiger partial charge in [-0.05, 0) is 25.9 Å². The Morgan fingerprint density at radius 3 is 3.07 bits per heavy atom. The molecule has 0 spiro atoms. The van der Waals surface area contributed by atoms with Gasteiger partial charge in [0.15, 0.2) is 0 Å². The molecule has 14 heavy (non-hydrogen) atoms. The van der Waals surface area contributed by atoms with E-state index >= 15 is 0 Å². The highest BCUT2D eigenvalue weighted by Gasteiger charge is 2.23. The largest absolute Gasteiger partial charge is 0.390 e. The lowest BCUT2D eigenvalue weighted by Gasteiger charge is -2.19. The second-order valence-corrected chi connectivity index (χ2v) is 4.08. The van der Waals surface area contributed by atoms with Crippen molar-refractivity contribution < 1.29 is 9.84 Å². The minimum Gasteiger partial charge on any atom is -0.390 e. The van der Waals surface area contributed by atoms with Crippen LogP contribution in [0.4, 0.5) is 0 Å². The smallest absolute Gasteiger partial charge is 0.0791 e. The molecule has 1 aliphatic heterocycles. The Morgan fingerprint density at radius 1 is 1.64 bits per heavy atom. The van der Waals surface area contributed by atoms with Gasteiger partial charge < -0.3 is 20.1 Å². The van der Waals surface area contributed by atoms with E-state index in [0.717, 1.165) is 26.2 Å². The summed E-state index contributed by atoms with van der Waals surface area (Å²) >= 11 is 0. The Bertz CT molecular complexity index is 155. The van der Waals surface area contributed by atoms with Crippen LogP contribution >= 0.6 is 0 Å². The SMILES string of the molecule is CNCC(O)CN1CCC(COC)C1. The van der Waals surface area contributed by atoms with Crippen LogP contribution in [-0.4, -0.2) is 63.1 Å². The van der Waals surface area contributed by atoms with Crippen molar-refractivity contribution in [1.29, 1.82) is 0 Å². The monoisotopic (exact) mass is 202 g/mol. The van der Waals surface area contributed by atoms with E-state index in [4.69, 9.17) is 4.74 Å². The molecule has 0 aromatic rings. The first-order chi connectivity index (χ1) is 6.76. The van der Waals surface area contributed by atoms with Gasteiger partial charge in [0.05, 0.1) is 12.7 Å². The van der Waals surface area contributed by atoms with E-state index in [9.17, 15) is 5.11 Å². The molecule has 0 aromatic carbocycles. The van der Waals surface area contributed by atoms with Crippen LogP contribution in [0, 0.1) is 5.92 Å². The zero-order valence-corrected chi connectivity index (χ0v) is 9.20. The van der Waals surface area contributed by atoms with Gasteiger partial charge in [0, 0.05) is 26.7 Å². The summed E-state index contributed by atoms with van der Waals surface area (Å²) in [5, 5.41) is 12.6. The number of nitrogens with one attached hydrogen (secondary N) is 1. The molecule has 2 N–H and O–H groups in total. The standard InChI is InChI=1S/C10H22N2O2/c1-11-5-10(13)7-12-4-3-9(6-12)8-14-2/h9-11,13H,3-8H2,1-2H3. The highest BCUT2D eigenvalue weighted by Crippen LogP contribution is 2.16. The van der Waals surface area contributed by atoms with Crippen LogP contribution in [0.15, 0.2) is 0 Å². The Morgan fingerprint density at radius 2 is 2.43 bits per heavy atom. The van der Waals surface area contributed by atoms with E-state index < -0.39 is 0 Å². The van der Waals surface area contributed by atoms with Crippen molar-refractivity contribution >= 4 is 0 Å². The lowest BCUT2D eigenvalue weighted by atomic mass is 10.1. The Kier molecular flexibility index (Phi) is 5.40. The van der Waals surface area contributed by atoms with E-state index in [-0.39, 0.29) is 6.10 Å². The van der Waals surface area contributed by atoms with Crippen LogP contribution in [0.5, 0.6) is 0 Å². The maximum Gasteiger partial charge on any atom is 0.0791 e. The molecule has 0 aromatic heterocycles. The van der Waals surface area contributed by atoms with Crippen molar-refractivity contribution in [3.05, 3.63) is 0 Å². The number of aliphatic hydroxyl groups excluding tert-OH is 1. The molecule has 84 valence electrons. The summed E-state index contributed by atoms with van der Waals surface area (Å²) in [6, 6.07) is 0. The third-order valence-electron chi connectivity index (χ3n) is 2.68. The highest BCUT2D eigenvalue weighted by atomic mass is 16.5. The van der Waals surface area contributed by atoms with E-state index in [1.165, 1.54) is 6.42 Å². The summed E-state index contributed by atoms with van der Waals surface area (Å²) in [5.41, 5.74) is 0. The van der Waals surface area contributed by atoms with Gasteiger partial charge in [-0.1, -0.05) is 0 Å². The van der Waals surface area contributed by atoms with Gasteiger partial charge in [-0.25, -0.2) is 0 Å². The molecule has 4 nitrogen and oxygen atoms in total. The molecule has 4 heteroatoms. The van der Waals surface area contributed by atoms with Gasteiger partial charge in [0.2, 0.25) is 0 Å². The van der Waals surface area contributed by atoms with E-state index in [2.05, 4.69) is 10.2 Å². The highest BCUT2D eigenvalue weighted by molar-refractivity contribution is 4.77. The molecule has 2 unspecified atom stereocenters. The predicted octanol–water partition coefficient (Wildman–Crippen LogP) is -0.465. The minimum atomic E-state index is -0.249. The molecule has 1 aliphatic rings. The van der Waals surface area contributed by atoms with Crippen LogP contribution in [0.1, 0.15) is 6.42 Å². The lowest BCUT2D eigenvalue weighted by Crippen LogP contribution is -2.36. The molecule has 0 radical (unpaired) electrons. The molecule has 0 saturated carbocycles. The third-order valence-corrected chi connectivity index (χ3v) is 2.68. The Labute approximate surface area is 86.2 Å². The number of methoxy groups -OCH3 is 1. The van der Waals surface area contributed by atoms with Crippen LogP contribution < -0.4 is 5.32 Å². The van der Waals surface area contributed by atoms with Crippen molar-refractivity contribution in [2.24, 2.45) is 5.92 Å². The number of rotatable bonds is 6. The molecule has 0 aliphatic carbocycles. The van der Waals surface area contributed by atoms with Gasteiger partial charge in [-0.3, -0.25) is 0 Å². The summed E-state index contributed by atoms with van der Waals surface area (Å²) < 4.78 is 5.13. The van der Waals surface area contributed by atoms with Gasteiger partial charge in [0.25, 0.3) is 0 Å². The number of ether oxygens (including phenoxy) is 1. The van der Waals surface area contributed by atoms with Crippen molar-refractivity contribution in [2.45, 2.75) is 12.5 Å². The van der Waals surface area contributed by atoms with Crippen LogP contribution in [-0.2, 0) is 4.74 Å². The molecular weight excluding hydrogens is 180 g/mol. The predicted molar refractivity (Wildman–Crippen MR) is 56.4 cm³/mol. The summed E-state index contributed by atoms with van der Waals surface area (Å²) in [6.45, 7) is 4.45. The van der Waals surface area contributed by atoms with Crippen molar-refractivity contribution in [2.75, 3.05) is 46.9 Å². The summed E-state index contributed by atoms with van der Waals surface area (Å²) in [4.78, 5) is 2.31. The molecule has 2 atom stereocenters. The minimum absolute atomic E-state index is 0.249. The number of hydrogen-bond acceptors (Lipinski definition) is 4. The number of nitrogens with zero attached hydrogens (tertiary/aromatic N) is 1. The quantitative estimate of drug-likeness (QED) is 0.611. The number of hydrogen-bond donors (Lipinski definition) is 2. The maximum atomic E-state index is 9.59. The summed E-state index contributed by atoms with van der Waals surface area (Å²) in [7, 11) is 3.61. The second-order valence-electron chi connectivity index (χ2n) is 4.08. The molecular formula is C10H22N2O2. The number of likely N-dealkylation sites (N-methyl/N-ethyl adjacent to an activating group) is 1. The van der Waals surface area contributed by atoms with Crippen LogP contribution in [0.2, 0.25) is 0 Å². The average molecular weight is 202 g/mol. The number of likely N-dealkylation sites (tertiary alicyclic amines) is 1. The van der Waals surface area contributed by atoms with Crippen molar-refractivity contribution in [3.63, 3.8) is 0 Å². The molecule has 1 saturated heterocycles. The topological polar surface area (TPSA) is 44.7 Å². The Balaban J connectivity index is 2.15. The summed E-state index contributed by atoms with van der Waals surface area (Å²) in [5.74, 6) is 0.654. The van der Waals surface area contributed by atoms with E-state index in [1.54, 1.807) is 7.11 Å². The third kappa shape index (κ3) is 3.92. The average Bonchev–Trinajstić information content (AvgIpc) is 2.53. The fraction of sp³-hybridized carbons (Fsp3) is 1.00. The van der Waals surface area contributed by atoms with E-state index in [0.29, 0.717) is 12.5 Å². The van der Waals surface area contributed by atoms with Crippen LogP contribution in [0.3, 0.4) is 0 Å². The van der Waals surface area contributed by atoms with Crippen LogP contribution in [0.25, 0.3) is 0 Å². The zero-order chi connectivity index (χ0) is 10.4. The normalized spacial score (nSPS) is 25.5. The summed E-state index contributed by atoms with van der Waals surface area (Å²) in [6.07, 6.45) is 0.946. The van der Waals surface area contributed by atoms with Crippen molar-refractivity contribution in [1.82, 2.24) is 10.2 Å². The molecule has 1 heterocycles. The number of β-amino-alcohol motifs (C(OH)–C–C–N with tert-alkyl or cyclic N) is 1. The van der Waals surface area contributed by atoms with Gasteiger partial charge in [-0.15, -0.1) is 0 Å². The van der Waals surface area contributed by atoms with Gasteiger partial charge in [0.1, 0.15) is 0 Å². The van der Waals surface area contributed by atoms with Crippen molar-refractivity contribution in [3.8, 4) is 0 Å². The van der Waals surface area contributed by atoms with Gasteiger partial charge in [-0.2, -0.15) is 0 Å². The molecule has 1 rings (SSSR count). The first-order valence-corrected chi connectivity index (χ1v) is 5.30. The first kappa shape index (κ1) is 11.9. The van der Waals surface area contributed by atoms with E-state index in [1.807, 2.05) is 7.05 Å². The number of aliphatic hydroxyl groups is 1. The molecule has 0 bridgehead atoms. The fourth-order valence-electron chi connectivity index (χ4n) is 2.05. The lowest BCUT2D eigenvalue weighted by molar-refractivity contribution is 0.115. The fourth-order valence-corrected chi connectivity index (χ4v) is 2.05. The Hall–Kier alpha value is -0.160. The molecule has 1 fully saturated rings. The first-order valence-electron chi connectivity index (χ1n) is 5.30. The zero-order valence-electron chi connectivity index (χ0n) is 9.20. The van der Waals surface area contributed by atoms with Gasteiger partial charge >= 0.3 is 0 Å².